The lowest BCUT2D eigenvalue weighted by molar-refractivity contribution is -0.385. The molecular weight excluding hydrogens is 331 g/mol. The minimum absolute atomic E-state index is 0.0652. The molecule has 8 heteroatoms. The molecule has 1 heterocycles. The molecule has 2 rings (SSSR count). The lowest BCUT2D eigenvalue weighted by Gasteiger charge is -2.05. The molecule has 0 amide bonds. The highest BCUT2D eigenvalue weighted by Gasteiger charge is 2.10. The first-order valence-electron chi connectivity index (χ1n) is 4.90. The zero-order valence-electron chi connectivity index (χ0n) is 9.14. The first kappa shape index (κ1) is 14.4. The van der Waals surface area contributed by atoms with Gasteiger partial charge in [-0.15, -0.1) is 0 Å². The van der Waals surface area contributed by atoms with E-state index in [-0.39, 0.29) is 5.69 Å². The van der Waals surface area contributed by atoms with E-state index in [1.54, 1.807) is 18.2 Å². The van der Waals surface area contributed by atoms with Gasteiger partial charge in [-0.2, -0.15) is 0 Å². The van der Waals surface area contributed by atoms with Gasteiger partial charge in [-0.05, 0) is 18.2 Å². The Labute approximate surface area is 127 Å². The van der Waals surface area contributed by atoms with Gasteiger partial charge in [0.2, 0.25) is 0 Å². The second kappa shape index (κ2) is 5.96. The molecule has 0 radical (unpaired) electrons. The van der Waals surface area contributed by atoms with E-state index in [1.807, 2.05) is 0 Å². The molecule has 0 fully saturated rings. The number of aromatic nitrogens is 1. The highest BCUT2D eigenvalue weighted by molar-refractivity contribution is 7.99. The summed E-state index contributed by atoms with van der Waals surface area (Å²) in [6.07, 6.45) is 1.19. The van der Waals surface area contributed by atoms with Crippen molar-refractivity contribution < 1.29 is 4.92 Å². The minimum atomic E-state index is -0.506. The van der Waals surface area contributed by atoms with Crippen molar-refractivity contribution in [1.82, 2.24) is 4.98 Å². The Morgan fingerprint density at radius 2 is 1.79 bits per heavy atom. The van der Waals surface area contributed by atoms with Crippen molar-refractivity contribution in [1.29, 1.82) is 0 Å². The Hall–Kier alpha value is -1.01. The van der Waals surface area contributed by atoms with Gasteiger partial charge in [0.1, 0.15) is 11.2 Å². The average molecular weight is 336 g/mol. The highest BCUT2D eigenvalue weighted by Crippen LogP contribution is 2.37. The van der Waals surface area contributed by atoms with Crippen LogP contribution < -0.4 is 0 Å². The van der Waals surface area contributed by atoms with Gasteiger partial charge in [0.05, 0.1) is 20.0 Å². The first-order chi connectivity index (χ1) is 8.97. The van der Waals surface area contributed by atoms with Gasteiger partial charge in [0.25, 0.3) is 5.69 Å². The molecule has 0 aliphatic heterocycles. The van der Waals surface area contributed by atoms with Crippen LogP contribution in [0, 0.1) is 10.1 Å². The van der Waals surface area contributed by atoms with Gasteiger partial charge < -0.3 is 0 Å². The summed E-state index contributed by atoms with van der Waals surface area (Å²) in [6.45, 7) is 0. The standard InChI is InChI=1S/C11H5Cl3N2O2S/c12-7-3-9(14)10(4-8(7)13)19-11-2-1-6(5-15-11)16(17)18/h1-5H. The molecule has 0 bridgehead atoms. The normalized spacial score (nSPS) is 10.5. The molecule has 98 valence electrons. The predicted octanol–water partition coefficient (Wildman–Crippen LogP) is 5.10. The largest absolute Gasteiger partial charge is 0.287 e. The number of pyridine rings is 1. The Morgan fingerprint density at radius 3 is 2.37 bits per heavy atom. The van der Waals surface area contributed by atoms with Crippen molar-refractivity contribution in [3.63, 3.8) is 0 Å². The molecule has 0 N–H and O–H groups in total. The number of benzene rings is 1. The monoisotopic (exact) mass is 334 g/mol. The summed E-state index contributed by atoms with van der Waals surface area (Å²) in [5, 5.41) is 12.3. The first-order valence-corrected chi connectivity index (χ1v) is 6.85. The van der Waals surface area contributed by atoms with Crippen molar-refractivity contribution in [3.05, 3.63) is 55.6 Å². The SMILES string of the molecule is O=[N+]([O-])c1ccc(Sc2cc(Cl)c(Cl)cc2Cl)nc1. The zero-order valence-corrected chi connectivity index (χ0v) is 12.2. The maximum Gasteiger partial charge on any atom is 0.287 e. The molecule has 19 heavy (non-hydrogen) atoms. The summed E-state index contributed by atoms with van der Waals surface area (Å²) in [5.41, 5.74) is -0.0652. The lowest BCUT2D eigenvalue weighted by Crippen LogP contribution is -1.89. The molecule has 0 saturated carbocycles. The van der Waals surface area contributed by atoms with E-state index in [4.69, 9.17) is 34.8 Å². The summed E-state index contributed by atoms with van der Waals surface area (Å²) in [5.74, 6) is 0. The molecule has 1 aromatic heterocycles. The van der Waals surface area contributed by atoms with Gasteiger partial charge in [-0.25, -0.2) is 4.98 Å². The Morgan fingerprint density at radius 1 is 1.11 bits per heavy atom. The second-order valence-electron chi connectivity index (χ2n) is 3.41. The third kappa shape index (κ3) is 3.51. The third-order valence-electron chi connectivity index (χ3n) is 2.12. The van der Waals surface area contributed by atoms with E-state index in [9.17, 15) is 10.1 Å². The molecule has 0 spiro atoms. The van der Waals surface area contributed by atoms with E-state index >= 15 is 0 Å². The van der Waals surface area contributed by atoms with Crippen LogP contribution in [0.25, 0.3) is 0 Å². The lowest BCUT2D eigenvalue weighted by atomic mass is 10.4. The van der Waals surface area contributed by atoms with Crippen LogP contribution in [0.15, 0.2) is 40.4 Å². The average Bonchev–Trinajstić information content (AvgIpc) is 2.36. The van der Waals surface area contributed by atoms with Crippen LogP contribution in [0.5, 0.6) is 0 Å². The minimum Gasteiger partial charge on any atom is -0.258 e. The predicted molar refractivity (Wildman–Crippen MR) is 76.5 cm³/mol. The van der Waals surface area contributed by atoms with Gasteiger partial charge in [0.15, 0.2) is 0 Å². The van der Waals surface area contributed by atoms with E-state index in [0.29, 0.717) is 25.0 Å². The number of rotatable bonds is 3. The topological polar surface area (TPSA) is 56.0 Å². The van der Waals surface area contributed by atoms with Crippen LogP contribution in [0.3, 0.4) is 0 Å². The Bertz CT molecular complexity index is 635. The molecule has 0 saturated heterocycles. The van der Waals surface area contributed by atoms with E-state index in [0.717, 1.165) is 0 Å². The van der Waals surface area contributed by atoms with Crippen LogP contribution in [0.1, 0.15) is 0 Å². The van der Waals surface area contributed by atoms with Crippen LogP contribution in [-0.4, -0.2) is 9.91 Å². The molecule has 0 aliphatic rings. The summed E-state index contributed by atoms with van der Waals surface area (Å²) < 4.78 is 0. The number of nitro groups is 1. The summed E-state index contributed by atoms with van der Waals surface area (Å²) >= 11 is 19.0. The summed E-state index contributed by atoms with van der Waals surface area (Å²) in [6, 6.07) is 6.08. The fourth-order valence-corrected chi connectivity index (χ4v) is 2.76. The second-order valence-corrected chi connectivity index (χ2v) is 5.69. The number of hydrogen-bond acceptors (Lipinski definition) is 4. The quantitative estimate of drug-likeness (QED) is 0.445. The van der Waals surface area contributed by atoms with Crippen LogP contribution in [0.4, 0.5) is 5.69 Å². The summed E-state index contributed by atoms with van der Waals surface area (Å²) in [7, 11) is 0. The molecule has 1 aromatic carbocycles. The van der Waals surface area contributed by atoms with Gasteiger partial charge >= 0.3 is 0 Å². The zero-order chi connectivity index (χ0) is 14.0. The van der Waals surface area contributed by atoms with Crippen molar-refractivity contribution in [2.75, 3.05) is 0 Å². The molecule has 0 atom stereocenters. The van der Waals surface area contributed by atoms with E-state index in [1.165, 1.54) is 24.0 Å². The number of hydrogen-bond donors (Lipinski definition) is 0. The number of halogens is 3. The Balaban J connectivity index is 2.26. The molecule has 2 aromatic rings. The fraction of sp³-hybridized carbons (Fsp3) is 0. The maximum absolute atomic E-state index is 10.5. The van der Waals surface area contributed by atoms with Crippen molar-refractivity contribution in [2.24, 2.45) is 0 Å². The maximum atomic E-state index is 10.5. The van der Waals surface area contributed by atoms with Crippen molar-refractivity contribution in [2.45, 2.75) is 9.92 Å². The van der Waals surface area contributed by atoms with E-state index in [2.05, 4.69) is 4.98 Å². The summed E-state index contributed by atoms with van der Waals surface area (Å²) in [4.78, 5) is 14.7. The highest BCUT2D eigenvalue weighted by atomic mass is 35.5. The number of nitrogens with zero attached hydrogens (tertiary/aromatic N) is 2. The molecule has 4 nitrogen and oxygen atoms in total. The smallest absolute Gasteiger partial charge is 0.258 e. The van der Waals surface area contributed by atoms with Crippen LogP contribution in [-0.2, 0) is 0 Å². The molecule has 0 aliphatic carbocycles. The fourth-order valence-electron chi connectivity index (χ4n) is 1.24. The van der Waals surface area contributed by atoms with Gasteiger partial charge in [0, 0.05) is 11.0 Å². The molecule has 0 unspecified atom stereocenters. The van der Waals surface area contributed by atoms with Crippen molar-refractivity contribution in [3.8, 4) is 0 Å². The third-order valence-corrected chi connectivity index (χ3v) is 4.28. The van der Waals surface area contributed by atoms with Crippen molar-refractivity contribution >= 4 is 52.3 Å². The Kier molecular flexibility index (Phi) is 4.52. The van der Waals surface area contributed by atoms with Gasteiger partial charge in [-0.3, -0.25) is 10.1 Å². The van der Waals surface area contributed by atoms with Gasteiger partial charge in [-0.1, -0.05) is 46.6 Å². The van der Waals surface area contributed by atoms with Crippen LogP contribution in [0.2, 0.25) is 15.1 Å². The van der Waals surface area contributed by atoms with Crippen LogP contribution >= 0.6 is 46.6 Å². The van der Waals surface area contributed by atoms with E-state index < -0.39 is 4.92 Å². The molecular formula is C11H5Cl3N2O2S.